The van der Waals surface area contributed by atoms with E-state index in [1.54, 1.807) is 55.5 Å². The zero-order valence-corrected chi connectivity index (χ0v) is 14.4. The molecule has 0 aliphatic heterocycles. The summed E-state index contributed by atoms with van der Waals surface area (Å²) in [7, 11) is 0. The van der Waals surface area contributed by atoms with Gasteiger partial charge in [-0.05, 0) is 42.8 Å². The fourth-order valence-electron chi connectivity index (χ4n) is 3.03. The Morgan fingerprint density at radius 2 is 1.56 bits per heavy atom. The van der Waals surface area contributed by atoms with Crippen LogP contribution in [0.5, 0.6) is 0 Å². The molecule has 0 N–H and O–H groups in total. The van der Waals surface area contributed by atoms with Crippen LogP contribution in [0.3, 0.4) is 0 Å². The van der Waals surface area contributed by atoms with Crippen LogP contribution in [-0.2, 0) is 0 Å². The second-order valence-electron chi connectivity index (χ2n) is 6.11. The molecule has 2 aromatic carbocycles. The maximum absolute atomic E-state index is 12.6. The van der Waals surface area contributed by atoms with Gasteiger partial charge in [-0.1, -0.05) is 36.4 Å². The van der Waals surface area contributed by atoms with Crippen molar-refractivity contribution in [2.24, 2.45) is 0 Å². The number of hydrogen-bond acceptors (Lipinski definition) is 5. The summed E-state index contributed by atoms with van der Waals surface area (Å²) in [5.41, 5.74) is 0.362. The largest absolute Gasteiger partial charge is 0.422 e. The van der Waals surface area contributed by atoms with Crippen LogP contribution < -0.4 is 11.3 Å². The fraction of sp³-hybridized carbons (Fsp3) is 0.0455. The molecular weight excluding hydrogens is 344 g/mol. The third-order valence-corrected chi connectivity index (χ3v) is 4.40. The van der Waals surface area contributed by atoms with Gasteiger partial charge in [0.05, 0.1) is 5.56 Å². The Hall–Kier alpha value is -3.73. The topological polar surface area (TPSA) is 77.5 Å². The van der Waals surface area contributed by atoms with E-state index in [1.807, 2.05) is 6.07 Å². The molecular formula is C22H14O5. The summed E-state index contributed by atoms with van der Waals surface area (Å²) in [5.74, 6) is -0.528. The molecule has 0 aliphatic rings. The molecule has 0 aliphatic carbocycles. The second kappa shape index (κ2) is 6.53. The van der Waals surface area contributed by atoms with E-state index in [4.69, 9.17) is 8.83 Å². The Balaban J connectivity index is 1.77. The van der Waals surface area contributed by atoms with E-state index >= 15 is 0 Å². The third kappa shape index (κ3) is 3.00. The van der Waals surface area contributed by atoms with E-state index in [0.29, 0.717) is 22.1 Å². The first-order chi connectivity index (χ1) is 13.0. The molecule has 5 heteroatoms. The summed E-state index contributed by atoms with van der Waals surface area (Å²) in [6, 6.07) is 15.8. The van der Waals surface area contributed by atoms with Crippen molar-refractivity contribution in [1.82, 2.24) is 0 Å². The van der Waals surface area contributed by atoms with E-state index < -0.39 is 17.0 Å². The number of rotatable bonds is 3. The predicted octanol–water partition coefficient (Wildman–Crippen LogP) is 4.10. The van der Waals surface area contributed by atoms with Crippen LogP contribution in [0.15, 0.2) is 79.1 Å². The Labute approximate surface area is 153 Å². The predicted molar refractivity (Wildman–Crippen MR) is 103 cm³/mol. The zero-order chi connectivity index (χ0) is 19.0. The second-order valence-corrected chi connectivity index (χ2v) is 6.11. The molecule has 0 radical (unpaired) electrons. The highest BCUT2D eigenvalue weighted by Gasteiger charge is 2.16. The highest BCUT2D eigenvalue weighted by molar-refractivity contribution is 6.09. The lowest BCUT2D eigenvalue weighted by atomic mass is 10.0. The number of ketones is 1. The number of allylic oxidation sites excluding steroid dienone is 1. The zero-order valence-electron chi connectivity index (χ0n) is 14.4. The summed E-state index contributed by atoms with van der Waals surface area (Å²) in [6.07, 6.45) is 2.55. The van der Waals surface area contributed by atoms with Gasteiger partial charge in [0, 0.05) is 10.8 Å². The molecule has 27 heavy (non-hydrogen) atoms. The van der Waals surface area contributed by atoms with Crippen LogP contribution in [-0.4, -0.2) is 5.78 Å². The average Bonchev–Trinajstić information content (AvgIpc) is 2.66. The van der Waals surface area contributed by atoms with Gasteiger partial charge in [0.2, 0.25) is 0 Å². The Morgan fingerprint density at radius 1 is 0.889 bits per heavy atom. The molecule has 0 saturated carbocycles. The van der Waals surface area contributed by atoms with Crippen LogP contribution in [0.4, 0.5) is 0 Å². The SMILES string of the molecule is Cc1c(C(=O)/C=C/c2cc3ccccc3oc2=O)c(=O)oc2ccccc12. The molecule has 0 saturated heterocycles. The third-order valence-electron chi connectivity index (χ3n) is 4.40. The normalized spacial score (nSPS) is 11.4. The van der Waals surface area contributed by atoms with E-state index in [-0.39, 0.29) is 11.1 Å². The minimum Gasteiger partial charge on any atom is -0.422 e. The first kappa shape index (κ1) is 16.7. The number of fused-ring (bicyclic) bond motifs is 2. The van der Waals surface area contributed by atoms with Crippen LogP contribution in [0.2, 0.25) is 0 Å². The smallest absolute Gasteiger partial charge is 0.347 e. The Kier molecular flexibility index (Phi) is 4.05. The molecule has 5 nitrogen and oxygen atoms in total. The molecule has 0 fully saturated rings. The molecule has 132 valence electrons. The van der Waals surface area contributed by atoms with Gasteiger partial charge in [-0.3, -0.25) is 4.79 Å². The maximum Gasteiger partial charge on any atom is 0.347 e. The lowest BCUT2D eigenvalue weighted by molar-refractivity contribution is 0.104. The standard InChI is InChI=1S/C22H14O5/c1-13-16-7-3-5-9-19(16)27-22(25)20(13)17(23)11-10-15-12-14-6-2-4-8-18(14)26-21(15)24/h2-12H,1H3/b11-10+. The Bertz CT molecular complexity index is 1340. The van der Waals surface area contributed by atoms with E-state index in [9.17, 15) is 14.4 Å². The molecule has 0 unspecified atom stereocenters. The van der Waals surface area contributed by atoms with Gasteiger partial charge >= 0.3 is 11.3 Å². The molecule has 0 amide bonds. The highest BCUT2D eigenvalue weighted by Crippen LogP contribution is 2.20. The van der Waals surface area contributed by atoms with Crippen molar-refractivity contribution in [3.05, 3.63) is 98.2 Å². The van der Waals surface area contributed by atoms with Crippen molar-refractivity contribution in [2.75, 3.05) is 0 Å². The van der Waals surface area contributed by atoms with Crippen molar-refractivity contribution >= 4 is 33.8 Å². The van der Waals surface area contributed by atoms with Crippen LogP contribution in [0, 0.1) is 6.92 Å². The number of para-hydroxylation sites is 2. The average molecular weight is 358 g/mol. The summed E-state index contributed by atoms with van der Waals surface area (Å²) in [4.78, 5) is 36.9. The number of carbonyl (C=O) groups is 1. The van der Waals surface area contributed by atoms with Crippen molar-refractivity contribution in [2.45, 2.75) is 6.92 Å². The van der Waals surface area contributed by atoms with E-state index in [0.717, 1.165) is 5.39 Å². The van der Waals surface area contributed by atoms with Gasteiger partial charge in [0.15, 0.2) is 5.78 Å². The minimum atomic E-state index is -0.702. The molecule has 4 rings (SSSR count). The highest BCUT2D eigenvalue weighted by atomic mass is 16.4. The van der Waals surface area contributed by atoms with Gasteiger partial charge < -0.3 is 8.83 Å². The monoisotopic (exact) mass is 358 g/mol. The molecule has 0 atom stereocenters. The lowest BCUT2D eigenvalue weighted by Crippen LogP contribution is -2.15. The van der Waals surface area contributed by atoms with Crippen LogP contribution in [0.1, 0.15) is 21.5 Å². The van der Waals surface area contributed by atoms with Gasteiger partial charge in [-0.2, -0.15) is 0 Å². The van der Waals surface area contributed by atoms with Gasteiger partial charge in [0.1, 0.15) is 16.7 Å². The van der Waals surface area contributed by atoms with Crippen LogP contribution >= 0.6 is 0 Å². The van der Waals surface area contributed by atoms with Crippen LogP contribution in [0.25, 0.3) is 28.0 Å². The van der Waals surface area contributed by atoms with E-state index in [2.05, 4.69) is 0 Å². The maximum atomic E-state index is 12.6. The summed E-state index contributed by atoms with van der Waals surface area (Å²) in [5, 5.41) is 1.43. The summed E-state index contributed by atoms with van der Waals surface area (Å²) in [6.45, 7) is 1.70. The minimum absolute atomic E-state index is 0.0462. The number of hydrogen-bond donors (Lipinski definition) is 0. The molecule has 4 aromatic rings. The van der Waals surface area contributed by atoms with Gasteiger partial charge in [-0.15, -0.1) is 0 Å². The molecule has 2 aromatic heterocycles. The molecule has 0 bridgehead atoms. The Morgan fingerprint density at radius 3 is 2.37 bits per heavy atom. The summed E-state index contributed by atoms with van der Waals surface area (Å²) < 4.78 is 10.5. The van der Waals surface area contributed by atoms with Crippen molar-refractivity contribution in [3.63, 3.8) is 0 Å². The number of benzene rings is 2. The van der Waals surface area contributed by atoms with Crippen molar-refractivity contribution in [1.29, 1.82) is 0 Å². The van der Waals surface area contributed by atoms with E-state index in [1.165, 1.54) is 12.2 Å². The fourth-order valence-corrected chi connectivity index (χ4v) is 3.03. The lowest BCUT2D eigenvalue weighted by Gasteiger charge is -2.04. The quantitative estimate of drug-likeness (QED) is 0.313. The molecule has 2 heterocycles. The van der Waals surface area contributed by atoms with Gasteiger partial charge in [0.25, 0.3) is 0 Å². The first-order valence-electron chi connectivity index (χ1n) is 8.32. The summed E-state index contributed by atoms with van der Waals surface area (Å²) >= 11 is 0. The first-order valence-corrected chi connectivity index (χ1v) is 8.32. The van der Waals surface area contributed by atoms with Crippen molar-refractivity contribution in [3.8, 4) is 0 Å². The number of aryl methyl sites for hydroxylation is 1. The van der Waals surface area contributed by atoms with Gasteiger partial charge in [-0.25, -0.2) is 9.59 Å². The number of carbonyl (C=O) groups excluding carboxylic acids is 1. The van der Waals surface area contributed by atoms with Crippen molar-refractivity contribution < 1.29 is 13.6 Å². The molecule has 0 spiro atoms.